The van der Waals surface area contributed by atoms with Crippen molar-refractivity contribution in [3.05, 3.63) is 0 Å². The van der Waals surface area contributed by atoms with Crippen LogP contribution in [0.1, 0.15) is 6.42 Å². The quantitative estimate of drug-likeness (QED) is 0.488. The number of carbonyl (C=O) groups is 1. The molecular weight excluding hydrogens is 285 g/mol. The predicted octanol–water partition coefficient (Wildman–Crippen LogP) is -0.380. The molecule has 0 saturated carbocycles. The average molecular weight is 293 g/mol. The maximum Gasteiger partial charge on any atom is 0.432 e. The van der Waals surface area contributed by atoms with Gasteiger partial charge in [0, 0.05) is 38.8 Å². The molecule has 11 heavy (non-hydrogen) atoms. The van der Waals surface area contributed by atoms with E-state index in [1.165, 1.54) is 2.95 Å². The van der Waals surface area contributed by atoms with E-state index < -0.39 is 13.7 Å². The van der Waals surface area contributed by atoms with E-state index in [1.54, 1.807) is 0 Å². The van der Waals surface area contributed by atoms with Gasteiger partial charge in [-0.05, 0) is 0 Å². The highest BCUT2D eigenvalue weighted by Gasteiger charge is 1.98. The van der Waals surface area contributed by atoms with E-state index in [-0.39, 0.29) is 6.42 Å². The standard InChI is InChI=1S/C3H5Br2NO2.BH3O2/c4-6(5)2-1-3(7)8;2-1-3/h1-2H2,(H,7,8);1-3H. The first-order valence-corrected chi connectivity index (χ1v) is 3.99. The van der Waals surface area contributed by atoms with Crippen molar-refractivity contribution in [3.63, 3.8) is 0 Å². The van der Waals surface area contributed by atoms with Crippen LogP contribution in [-0.4, -0.2) is 38.3 Å². The fourth-order valence-corrected chi connectivity index (χ4v) is 0.535. The normalized spacial score (nSPS) is 8.45. The SMILES string of the molecule is O=C(O)CCN(Br)Br.OBO. The molecule has 0 aromatic rings. The topological polar surface area (TPSA) is 81.0 Å². The monoisotopic (exact) mass is 291 g/mol. The summed E-state index contributed by atoms with van der Waals surface area (Å²) in [6.07, 6.45) is 0.135. The number of carboxylic acids is 1. The van der Waals surface area contributed by atoms with Crippen LogP contribution in [0.25, 0.3) is 0 Å². The Morgan fingerprint density at radius 3 is 1.91 bits per heavy atom. The summed E-state index contributed by atoms with van der Waals surface area (Å²) in [5.41, 5.74) is 0. The van der Waals surface area contributed by atoms with Gasteiger partial charge < -0.3 is 15.2 Å². The lowest BCUT2D eigenvalue weighted by atomic mass is 10.5. The fourth-order valence-electron chi connectivity index (χ4n) is 0.180. The Morgan fingerprint density at radius 1 is 1.45 bits per heavy atom. The van der Waals surface area contributed by atoms with E-state index in [4.69, 9.17) is 15.2 Å². The lowest BCUT2D eigenvalue weighted by molar-refractivity contribution is -0.136. The minimum atomic E-state index is -0.797. The number of rotatable bonds is 3. The van der Waals surface area contributed by atoms with E-state index in [1.807, 2.05) is 0 Å². The number of hydrogen-bond donors (Lipinski definition) is 3. The largest absolute Gasteiger partial charge is 0.481 e. The summed E-state index contributed by atoms with van der Waals surface area (Å²) in [6.45, 7) is 0.454. The van der Waals surface area contributed by atoms with Crippen molar-refractivity contribution in [3.8, 4) is 0 Å². The average Bonchev–Trinajstić information content (AvgIpc) is 1.85. The number of nitrogens with zero attached hydrogens (tertiary/aromatic N) is 1. The van der Waals surface area contributed by atoms with Gasteiger partial charge in [-0.1, -0.05) is 0 Å². The summed E-state index contributed by atoms with van der Waals surface area (Å²) in [7, 11) is -0.750. The summed E-state index contributed by atoms with van der Waals surface area (Å²) in [6, 6.07) is 0. The van der Waals surface area contributed by atoms with Crippen molar-refractivity contribution in [2.45, 2.75) is 6.42 Å². The zero-order valence-corrected chi connectivity index (χ0v) is 8.75. The highest BCUT2D eigenvalue weighted by atomic mass is 79.9. The van der Waals surface area contributed by atoms with Gasteiger partial charge in [0.25, 0.3) is 0 Å². The molecule has 0 bridgehead atoms. The van der Waals surface area contributed by atoms with E-state index in [9.17, 15) is 4.79 Å². The Hall–Kier alpha value is 0.375. The van der Waals surface area contributed by atoms with Crippen LogP contribution in [0.4, 0.5) is 0 Å². The fraction of sp³-hybridized carbons (Fsp3) is 0.667. The van der Waals surface area contributed by atoms with Gasteiger partial charge in [-0.2, -0.15) is 2.95 Å². The first-order valence-electron chi connectivity index (χ1n) is 2.57. The van der Waals surface area contributed by atoms with Gasteiger partial charge in [0.05, 0.1) is 6.42 Å². The molecule has 0 atom stereocenters. The molecule has 0 aliphatic rings. The lowest BCUT2D eigenvalue weighted by Crippen LogP contribution is -2.05. The molecule has 0 aliphatic heterocycles. The van der Waals surface area contributed by atoms with Crippen molar-refractivity contribution in [1.82, 2.24) is 2.95 Å². The second kappa shape index (κ2) is 10.4. The van der Waals surface area contributed by atoms with Crippen molar-refractivity contribution in [2.75, 3.05) is 6.54 Å². The molecule has 0 aromatic heterocycles. The van der Waals surface area contributed by atoms with Crippen LogP contribution in [0.2, 0.25) is 0 Å². The van der Waals surface area contributed by atoms with Crippen LogP contribution in [0.3, 0.4) is 0 Å². The summed E-state index contributed by atoms with van der Waals surface area (Å²) in [5.74, 6) is -0.797. The third kappa shape index (κ3) is 25.2. The zero-order valence-electron chi connectivity index (χ0n) is 5.57. The van der Waals surface area contributed by atoms with E-state index in [0.29, 0.717) is 6.54 Å². The molecule has 0 fully saturated rings. The highest BCUT2D eigenvalue weighted by molar-refractivity contribution is 9.21. The molecule has 0 rings (SSSR count). The molecule has 0 spiro atoms. The lowest BCUT2D eigenvalue weighted by Gasteiger charge is -1.98. The summed E-state index contributed by atoms with van der Waals surface area (Å²) in [5, 5.41) is 22.3. The van der Waals surface area contributed by atoms with Gasteiger partial charge in [-0.3, -0.25) is 4.79 Å². The minimum Gasteiger partial charge on any atom is -0.481 e. The van der Waals surface area contributed by atoms with Gasteiger partial charge in [-0.25, -0.2) is 0 Å². The summed E-state index contributed by atoms with van der Waals surface area (Å²) in [4.78, 5) is 9.84. The van der Waals surface area contributed by atoms with Crippen molar-refractivity contribution in [2.24, 2.45) is 0 Å². The Labute approximate surface area is 82.0 Å². The molecule has 0 heterocycles. The zero-order chi connectivity index (χ0) is 9.28. The molecule has 8 heteroatoms. The second-order valence-electron chi connectivity index (χ2n) is 1.31. The molecule has 0 amide bonds. The maximum absolute atomic E-state index is 9.84. The predicted molar refractivity (Wildman–Crippen MR) is 48.4 cm³/mol. The van der Waals surface area contributed by atoms with Crippen LogP contribution in [-0.2, 0) is 4.79 Å². The third-order valence-electron chi connectivity index (χ3n) is 0.495. The Bertz CT molecular complexity index is 103. The Morgan fingerprint density at radius 2 is 1.82 bits per heavy atom. The van der Waals surface area contributed by atoms with Crippen LogP contribution < -0.4 is 0 Å². The van der Waals surface area contributed by atoms with Crippen LogP contribution in [0.15, 0.2) is 0 Å². The molecule has 0 radical (unpaired) electrons. The molecule has 0 saturated heterocycles. The number of aliphatic carboxylic acids is 1. The van der Waals surface area contributed by atoms with E-state index in [2.05, 4.69) is 32.3 Å². The van der Waals surface area contributed by atoms with Crippen molar-refractivity contribution in [1.29, 1.82) is 0 Å². The van der Waals surface area contributed by atoms with Gasteiger partial charge in [0.2, 0.25) is 0 Å². The number of carboxylic acid groups (broad SMARTS) is 1. The second-order valence-corrected chi connectivity index (χ2v) is 3.98. The molecule has 66 valence electrons. The van der Waals surface area contributed by atoms with Crippen LogP contribution in [0.5, 0.6) is 0 Å². The minimum absolute atomic E-state index is 0.135. The molecule has 0 unspecified atom stereocenters. The van der Waals surface area contributed by atoms with Crippen molar-refractivity contribution >= 4 is 45.9 Å². The van der Waals surface area contributed by atoms with Gasteiger partial charge in [0.1, 0.15) is 0 Å². The molecule has 0 aromatic carbocycles. The Kier molecular flexibility index (Phi) is 13.1. The third-order valence-corrected chi connectivity index (χ3v) is 1.20. The maximum atomic E-state index is 9.84. The summed E-state index contributed by atoms with van der Waals surface area (Å²) >= 11 is 5.98. The van der Waals surface area contributed by atoms with Crippen LogP contribution >= 0.6 is 32.3 Å². The first kappa shape index (κ1) is 13.9. The smallest absolute Gasteiger partial charge is 0.432 e. The Balaban J connectivity index is 0. The van der Waals surface area contributed by atoms with E-state index >= 15 is 0 Å². The number of halogens is 2. The molecule has 3 N–H and O–H groups in total. The number of hydrogen-bond acceptors (Lipinski definition) is 4. The van der Waals surface area contributed by atoms with Gasteiger partial charge >= 0.3 is 13.7 Å². The van der Waals surface area contributed by atoms with E-state index in [0.717, 1.165) is 0 Å². The summed E-state index contributed by atoms with van der Waals surface area (Å²) < 4.78 is 1.47. The first-order chi connectivity index (χ1) is 5.04. The molecule has 0 aliphatic carbocycles. The van der Waals surface area contributed by atoms with Crippen LogP contribution in [0, 0.1) is 0 Å². The molecule has 5 nitrogen and oxygen atoms in total. The van der Waals surface area contributed by atoms with Gasteiger partial charge in [-0.15, -0.1) is 0 Å². The highest BCUT2D eigenvalue weighted by Crippen LogP contribution is 2.04. The van der Waals surface area contributed by atoms with Crippen molar-refractivity contribution < 1.29 is 19.9 Å². The van der Waals surface area contributed by atoms with Gasteiger partial charge in [0.15, 0.2) is 0 Å². The molecular formula is C3H8BBr2NO4.